The maximum absolute atomic E-state index is 13.0. The summed E-state index contributed by atoms with van der Waals surface area (Å²) in [5.74, 6) is -0.768. The van der Waals surface area contributed by atoms with Crippen molar-refractivity contribution in [3.05, 3.63) is 60.6 Å². The number of anilines is 1. The summed E-state index contributed by atoms with van der Waals surface area (Å²) in [6, 6.07) is 6.02. The summed E-state index contributed by atoms with van der Waals surface area (Å²) in [4.78, 5) is 27.7. The van der Waals surface area contributed by atoms with Crippen LogP contribution in [0.4, 0.5) is 18.9 Å². The van der Waals surface area contributed by atoms with Gasteiger partial charge in [-0.2, -0.15) is 18.3 Å². The Labute approximate surface area is 162 Å². The number of carbonyl (C=O) groups is 2. The molecule has 2 heterocycles. The second kappa shape index (κ2) is 8.59. The normalized spacial score (nSPS) is 11.3. The Kier molecular flexibility index (Phi) is 5.96. The fraction of sp³-hybridized carbons (Fsp3) is 0.222. The number of furan rings is 1. The zero-order valence-corrected chi connectivity index (χ0v) is 14.9. The molecule has 2 amide bonds. The van der Waals surface area contributed by atoms with E-state index in [1.54, 1.807) is 6.07 Å². The van der Waals surface area contributed by atoms with Crippen molar-refractivity contribution in [2.24, 2.45) is 0 Å². The van der Waals surface area contributed by atoms with E-state index in [4.69, 9.17) is 4.42 Å². The fourth-order valence-corrected chi connectivity index (χ4v) is 2.50. The van der Waals surface area contributed by atoms with Crippen LogP contribution in [-0.4, -0.2) is 33.1 Å². The number of aromatic nitrogens is 3. The highest BCUT2D eigenvalue weighted by Crippen LogP contribution is 2.33. The van der Waals surface area contributed by atoms with Crippen LogP contribution >= 0.6 is 0 Å². The molecule has 2 aromatic heterocycles. The average Bonchev–Trinajstić information content (AvgIpc) is 3.38. The van der Waals surface area contributed by atoms with Gasteiger partial charge in [-0.1, -0.05) is 0 Å². The monoisotopic (exact) mass is 407 g/mol. The minimum absolute atomic E-state index is 0.00845. The summed E-state index contributed by atoms with van der Waals surface area (Å²) in [7, 11) is 0. The summed E-state index contributed by atoms with van der Waals surface area (Å²) in [6.45, 7) is 0.200. The SMILES string of the molecule is O=C(CCCNC(=O)c1ccco1)Nc1cc(C(F)(F)F)ccc1-n1cncn1. The molecule has 0 aliphatic carbocycles. The summed E-state index contributed by atoms with van der Waals surface area (Å²) < 4.78 is 45.3. The predicted octanol–water partition coefficient (Wildman–Crippen LogP) is 3.03. The largest absolute Gasteiger partial charge is 0.459 e. The third kappa shape index (κ3) is 5.21. The zero-order valence-electron chi connectivity index (χ0n) is 14.9. The molecular formula is C18H16F3N5O3. The van der Waals surface area contributed by atoms with E-state index in [1.807, 2.05) is 0 Å². The molecule has 0 fully saturated rings. The lowest BCUT2D eigenvalue weighted by Gasteiger charge is -2.14. The molecule has 152 valence electrons. The van der Waals surface area contributed by atoms with Crippen molar-refractivity contribution in [2.75, 3.05) is 11.9 Å². The first kappa shape index (κ1) is 20.1. The van der Waals surface area contributed by atoms with Crippen molar-refractivity contribution >= 4 is 17.5 Å². The number of hydrogen-bond acceptors (Lipinski definition) is 5. The van der Waals surface area contributed by atoms with Gasteiger partial charge in [-0.05, 0) is 36.8 Å². The second-order valence-corrected chi connectivity index (χ2v) is 5.95. The molecule has 1 aromatic carbocycles. The summed E-state index contributed by atoms with van der Waals surface area (Å²) >= 11 is 0. The molecule has 0 aliphatic rings. The van der Waals surface area contributed by atoms with Crippen molar-refractivity contribution < 1.29 is 27.2 Å². The van der Waals surface area contributed by atoms with Crippen LogP contribution in [-0.2, 0) is 11.0 Å². The van der Waals surface area contributed by atoms with E-state index >= 15 is 0 Å². The topological polar surface area (TPSA) is 102 Å². The molecule has 0 radical (unpaired) electrons. The third-order valence-corrected chi connectivity index (χ3v) is 3.87. The van der Waals surface area contributed by atoms with Gasteiger partial charge in [0.25, 0.3) is 5.91 Å². The number of halogens is 3. The van der Waals surface area contributed by atoms with Crippen LogP contribution < -0.4 is 10.6 Å². The minimum Gasteiger partial charge on any atom is -0.459 e. The van der Waals surface area contributed by atoms with Crippen LogP contribution in [0.1, 0.15) is 29.0 Å². The van der Waals surface area contributed by atoms with Crippen molar-refractivity contribution in [3.63, 3.8) is 0 Å². The Morgan fingerprint density at radius 3 is 2.69 bits per heavy atom. The lowest BCUT2D eigenvalue weighted by molar-refractivity contribution is -0.137. The highest BCUT2D eigenvalue weighted by Gasteiger charge is 2.31. The lowest BCUT2D eigenvalue weighted by Crippen LogP contribution is -2.25. The van der Waals surface area contributed by atoms with Gasteiger partial charge in [-0.3, -0.25) is 9.59 Å². The number of amides is 2. The van der Waals surface area contributed by atoms with Gasteiger partial charge in [0, 0.05) is 13.0 Å². The van der Waals surface area contributed by atoms with Gasteiger partial charge >= 0.3 is 6.18 Å². The zero-order chi connectivity index (χ0) is 20.9. The van der Waals surface area contributed by atoms with E-state index in [0.717, 1.165) is 12.1 Å². The Hall–Kier alpha value is -3.63. The van der Waals surface area contributed by atoms with Gasteiger partial charge in [0.05, 0.1) is 23.2 Å². The Bertz CT molecular complexity index is 969. The van der Waals surface area contributed by atoms with Crippen LogP contribution in [0.5, 0.6) is 0 Å². The summed E-state index contributed by atoms with van der Waals surface area (Å²) in [5, 5.41) is 8.93. The molecule has 0 atom stereocenters. The minimum atomic E-state index is -4.56. The number of nitrogens with zero attached hydrogens (tertiary/aromatic N) is 3. The third-order valence-electron chi connectivity index (χ3n) is 3.87. The molecule has 11 heteroatoms. The van der Waals surface area contributed by atoms with Crippen LogP contribution in [0.15, 0.2) is 53.7 Å². The number of rotatable bonds is 7. The molecule has 8 nitrogen and oxygen atoms in total. The first-order chi connectivity index (χ1) is 13.8. The maximum Gasteiger partial charge on any atom is 0.416 e. The smallest absolute Gasteiger partial charge is 0.416 e. The van der Waals surface area contributed by atoms with Crippen LogP contribution in [0.2, 0.25) is 0 Å². The average molecular weight is 407 g/mol. The van der Waals surface area contributed by atoms with Crippen molar-refractivity contribution in [3.8, 4) is 5.69 Å². The molecular weight excluding hydrogens is 391 g/mol. The molecule has 0 unspecified atom stereocenters. The highest BCUT2D eigenvalue weighted by molar-refractivity contribution is 5.93. The molecule has 29 heavy (non-hydrogen) atoms. The maximum atomic E-state index is 13.0. The molecule has 0 saturated carbocycles. The van der Waals surface area contributed by atoms with Gasteiger partial charge in [0.1, 0.15) is 12.7 Å². The Morgan fingerprint density at radius 1 is 1.21 bits per heavy atom. The molecule has 0 spiro atoms. The van der Waals surface area contributed by atoms with Crippen molar-refractivity contribution in [2.45, 2.75) is 19.0 Å². The summed E-state index contributed by atoms with van der Waals surface area (Å²) in [5.41, 5.74) is -0.702. The van der Waals surface area contributed by atoms with Gasteiger partial charge < -0.3 is 15.1 Å². The molecule has 0 bridgehead atoms. The Morgan fingerprint density at radius 2 is 2.03 bits per heavy atom. The predicted molar refractivity (Wildman–Crippen MR) is 95.3 cm³/mol. The lowest BCUT2D eigenvalue weighted by atomic mass is 10.1. The van der Waals surface area contributed by atoms with Crippen LogP contribution in [0.3, 0.4) is 0 Å². The standard InChI is InChI=1S/C18H16F3N5O3/c19-18(20,21)12-5-6-14(26-11-22-10-24-26)13(9-12)25-16(27)4-1-7-23-17(28)15-3-2-8-29-15/h2-3,5-6,8-11H,1,4,7H2,(H,23,28)(H,25,27). The quantitative estimate of drug-likeness (QED) is 0.586. The van der Waals surface area contributed by atoms with Gasteiger partial charge in [0.15, 0.2) is 5.76 Å². The molecule has 3 rings (SSSR count). The van der Waals surface area contributed by atoms with E-state index in [0.29, 0.717) is 0 Å². The number of alkyl halides is 3. The second-order valence-electron chi connectivity index (χ2n) is 5.95. The van der Waals surface area contributed by atoms with E-state index in [2.05, 4.69) is 20.7 Å². The van der Waals surface area contributed by atoms with Crippen LogP contribution in [0.25, 0.3) is 5.69 Å². The van der Waals surface area contributed by atoms with E-state index in [9.17, 15) is 22.8 Å². The molecule has 2 N–H and O–H groups in total. The van der Waals surface area contributed by atoms with E-state index in [-0.39, 0.29) is 36.5 Å². The van der Waals surface area contributed by atoms with Gasteiger partial charge in [-0.15, -0.1) is 0 Å². The summed E-state index contributed by atoms with van der Waals surface area (Å²) in [6.07, 6.45) is -0.380. The number of benzene rings is 1. The van der Waals surface area contributed by atoms with E-state index < -0.39 is 23.6 Å². The highest BCUT2D eigenvalue weighted by atomic mass is 19.4. The van der Waals surface area contributed by atoms with E-state index in [1.165, 1.54) is 35.7 Å². The molecule has 0 aliphatic heterocycles. The van der Waals surface area contributed by atoms with Gasteiger partial charge in [-0.25, -0.2) is 9.67 Å². The van der Waals surface area contributed by atoms with Crippen molar-refractivity contribution in [1.82, 2.24) is 20.1 Å². The molecule has 0 saturated heterocycles. The number of carbonyl (C=O) groups excluding carboxylic acids is 2. The first-order valence-corrected chi connectivity index (χ1v) is 8.52. The van der Waals surface area contributed by atoms with Gasteiger partial charge in [0.2, 0.25) is 5.91 Å². The Balaban J connectivity index is 1.62. The van der Waals surface area contributed by atoms with Crippen LogP contribution in [0, 0.1) is 0 Å². The van der Waals surface area contributed by atoms with Crippen molar-refractivity contribution in [1.29, 1.82) is 0 Å². The number of hydrogen-bond donors (Lipinski definition) is 2. The first-order valence-electron chi connectivity index (χ1n) is 8.52. The number of nitrogens with one attached hydrogen (secondary N) is 2. The molecule has 3 aromatic rings. The fourth-order valence-electron chi connectivity index (χ4n) is 2.50.